The van der Waals surface area contributed by atoms with Crippen LogP contribution in [0.3, 0.4) is 0 Å². The van der Waals surface area contributed by atoms with Gasteiger partial charge in [0.1, 0.15) is 0 Å². The average molecular weight is 254 g/mol. The highest BCUT2D eigenvalue weighted by Crippen LogP contribution is 2.14. The van der Waals surface area contributed by atoms with Gasteiger partial charge in [-0.25, -0.2) is 0 Å². The molecule has 0 N–H and O–H groups in total. The van der Waals surface area contributed by atoms with Crippen LogP contribution in [0.5, 0.6) is 0 Å². The molecule has 14 heavy (non-hydrogen) atoms. The first-order valence-electron chi connectivity index (χ1n) is 5.31. The molecule has 0 rings (SSSR count). The molecule has 0 spiro atoms. The van der Waals surface area contributed by atoms with Crippen LogP contribution in [-0.4, -0.2) is 26.2 Å². The third kappa shape index (κ3) is 11.1. The van der Waals surface area contributed by atoms with Crippen molar-refractivity contribution in [2.45, 2.75) is 39.5 Å². The summed E-state index contributed by atoms with van der Waals surface area (Å²) >= 11 is 3.07. The fourth-order valence-corrected chi connectivity index (χ4v) is 5.13. The summed E-state index contributed by atoms with van der Waals surface area (Å²) in [6, 6.07) is 0. The Morgan fingerprint density at radius 3 is 1.71 bits per heavy atom. The van der Waals surface area contributed by atoms with Crippen LogP contribution in [0.25, 0.3) is 0 Å². The fraction of sp³-hybridized carbons (Fsp3) is 1.00. The largest absolute Gasteiger partial charge is 0.615 e. The third-order valence-corrected chi connectivity index (χ3v) is 6.31. The Hall–Kier alpha value is 1.01. The summed E-state index contributed by atoms with van der Waals surface area (Å²) in [5, 5.41) is 1.66. The molecule has 0 amide bonds. The summed E-state index contributed by atoms with van der Waals surface area (Å²) in [4.78, 5) is 0. The van der Waals surface area contributed by atoms with Crippen molar-refractivity contribution < 1.29 is 4.55 Å². The number of hydrogen-bond donors (Lipinski definition) is 0. The van der Waals surface area contributed by atoms with E-state index in [0.717, 1.165) is 10.2 Å². The second kappa shape index (κ2) is 12.1. The average Bonchev–Trinajstić information content (AvgIpc) is 2.19. The van der Waals surface area contributed by atoms with E-state index < -0.39 is 11.2 Å². The maximum Gasteiger partial charge on any atom is 0.151 e. The van der Waals surface area contributed by atoms with Crippen molar-refractivity contribution in [1.82, 2.24) is 0 Å². The molecule has 0 unspecified atom stereocenters. The van der Waals surface area contributed by atoms with Crippen LogP contribution in [0.15, 0.2) is 0 Å². The monoisotopic (exact) mass is 254 g/mol. The van der Waals surface area contributed by atoms with E-state index in [9.17, 15) is 4.55 Å². The van der Waals surface area contributed by atoms with Gasteiger partial charge in [0.25, 0.3) is 0 Å². The molecule has 0 aromatic heterocycles. The molecule has 0 aliphatic heterocycles. The summed E-state index contributed by atoms with van der Waals surface area (Å²) in [6.45, 7) is 4.39. The van der Waals surface area contributed by atoms with Crippen molar-refractivity contribution in [3.63, 3.8) is 0 Å². The zero-order valence-electron chi connectivity index (χ0n) is 9.29. The maximum atomic E-state index is 11.4. The van der Waals surface area contributed by atoms with Crippen LogP contribution in [0.2, 0.25) is 0 Å². The summed E-state index contributed by atoms with van der Waals surface area (Å²) in [6.07, 6.45) is 4.99. The van der Waals surface area contributed by atoms with Crippen LogP contribution in [0, 0.1) is 0 Å². The van der Waals surface area contributed by atoms with Gasteiger partial charge >= 0.3 is 0 Å². The van der Waals surface area contributed by atoms with Crippen LogP contribution >= 0.6 is 23.5 Å². The number of hydrogen-bond acceptors (Lipinski definition) is 3. The second-order valence-electron chi connectivity index (χ2n) is 3.20. The van der Waals surface area contributed by atoms with Crippen LogP contribution in [0.4, 0.5) is 0 Å². The van der Waals surface area contributed by atoms with Crippen molar-refractivity contribution in [2.24, 2.45) is 0 Å². The molecule has 0 radical (unpaired) electrons. The van der Waals surface area contributed by atoms with Gasteiger partial charge in [-0.3, -0.25) is 0 Å². The van der Waals surface area contributed by atoms with E-state index in [1.54, 1.807) is 0 Å². The molecular weight excluding hydrogens is 232 g/mol. The molecule has 0 bridgehead atoms. The first kappa shape index (κ1) is 15.0. The molecule has 0 fully saturated rings. The van der Waals surface area contributed by atoms with E-state index in [1.165, 1.54) is 37.2 Å². The van der Waals surface area contributed by atoms with Crippen molar-refractivity contribution in [2.75, 3.05) is 21.7 Å². The SMILES string of the molecule is CCCCSC[S+]([O-])CSCCCC. The first-order chi connectivity index (χ1) is 6.81. The molecule has 0 saturated carbocycles. The Morgan fingerprint density at radius 2 is 1.36 bits per heavy atom. The number of thioether (sulfide) groups is 2. The molecule has 1 nitrogen and oxygen atoms in total. The smallest absolute Gasteiger partial charge is 0.151 e. The van der Waals surface area contributed by atoms with Gasteiger partial charge in [-0.15, -0.1) is 23.5 Å². The molecule has 0 atom stereocenters. The lowest BCUT2D eigenvalue weighted by atomic mass is 10.4. The lowest BCUT2D eigenvalue weighted by molar-refractivity contribution is 0.604. The highest BCUT2D eigenvalue weighted by molar-refractivity contribution is 8.19. The van der Waals surface area contributed by atoms with E-state index in [1.807, 2.05) is 23.5 Å². The van der Waals surface area contributed by atoms with E-state index in [4.69, 9.17) is 0 Å². The van der Waals surface area contributed by atoms with Crippen molar-refractivity contribution >= 4 is 34.7 Å². The van der Waals surface area contributed by atoms with Gasteiger partial charge in [-0.05, 0) is 35.5 Å². The third-order valence-electron chi connectivity index (χ3n) is 1.71. The summed E-state index contributed by atoms with van der Waals surface area (Å²) < 4.78 is 11.4. The van der Waals surface area contributed by atoms with Crippen molar-refractivity contribution in [3.05, 3.63) is 0 Å². The minimum absolute atomic E-state index is 0.601. The van der Waals surface area contributed by atoms with Crippen molar-refractivity contribution in [3.8, 4) is 0 Å². The van der Waals surface area contributed by atoms with Crippen LogP contribution in [0.1, 0.15) is 39.5 Å². The van der Waals surface area contributed by atoms with Gasteiger partial charge in [-0.1, -0.05) is 26.7 Å². The van der Waals surface area contributed by atoms with E-state index >= 15 is 0 Å². The maximum absolute atomic E-state index is 11.4. The Bertz CT molecular complexity index is 99.5. The Balaban J connectivity index is 3.07. The Labute approximate surface area is 100 Å². The van der Waals surface area contributed by atoms with Gasteiger partial charge in [0, 0.05) is 0 Å². The van der Waals surface area contributed by atoms with E-state index in [-0.39, 0.29) is 0 Å². The molecule has 86 valence electrons. The summed E-state index contributed by atoms with van der Waals surface area (Å²) in [5.74, 6) is 2.34. The first-order valence-corrected chi connectivity index (χ1v) is 9.11. The van der Waals surface area contributed by atoms with Crippen LogP contribution in [-0.2, 0) is 11.2 Å². The Morgan fingerprint density at radius 1 is 0.929 bits per heavy atom. The zero-order valence-corrected chi connectivity index (χ0v) is 11.7. The minimum Gasteiger partial charge on any atom is -0.615 e. The minimum atomic E-state index is -0.601. The summed E-state index contributed by atoms with van der Waals surface area (Å²) in [5.41, 5.74) is 0. The fourth-order valence-electron chi connectivity index (χ4n) is 0.831. The normalized spacial score (nSPS) is 11.1. The highest BCUT2D eigenvalue weighted by atomic mass is 32.3. The number of rotatable bonds is 10. The topological polar surface area (TPSA) is 23.1 Å². The molecule has 0 aromatic rings. The molecular formula is C10H22OS3. The number of unbranched alkanes of at least 4 members (excludes halogenated alkanes) is 2. The van der Waals surface area contributed by atoms with Gasteiger partial charge in [0.15, 0.2) is 10.2 Å². The van der Waals surface area contributed by atoms with Gasteiger partial charge in [0.05, 0.1) is 0 Å². The van der Waals surface area contributed by atoms with Gasteiger partial charge < -0.3 is 4.55 Å². The van der Waals surface area contributed by atoms with E-state index in [0.29, 0.717) is 0 Å². The second-order valence-corrected chi connectivity index (χ2v) is 7.60. The molecule has 0 aromatic carbocycles. The molecule has 0 aliphatic rings. The molecule has 0 saturated heterocycles. The quantitative estimate of drug-likeness (QED) is 0.438. The molecule has 0 aliphatic carbocycles. The van der Waals surface area contributed by atoms with Gasteiger partial charge in [-0.2, -0.15) is 0 Å². The van der Waals surface area contributed by atoms with E-state index in [2.05, 4.69) is 13.8 Å². The summed E-state index contributed by atoms with van der Waals surface area (Å²) in [7, 11) is 0. The van der Waals surface area contributed by atoms with Crippen molar-refractivity contribution in [1.29, 1.82) is 0 Å². The highest BCUT2D eigenvalue weighted by Gasteiger charge is 2.05. The Kier molecular flexibility index (Phi) is 13.0. The zero-order chi connectivity index (χ0) is 10.6. The predicted octanol–water partition coefficient (Wildman–Crippen LogP) is 3.72. The van der Waals surface area contributed by atoms with Gasteiger partial charge in [0.2, 0.25) is 0 Å². The standard InChI is InChI=1S/C10H22OS3/c1-3-5-7-12-9-14(11)10-13-8-6-4-2/h3-10H2,1-2H3. The lowest BCUT2D eigenvalue weighted by Crippen LogP contribution is -2.07. The molecule has 0 heterocycles. The lowest BCUT2D eigenvalue weighted by Gasteiger charge is -2.09. The van der Waals surface area contributed by atoms with Crippen LogP contribution < -0.4 is 0 Å². The molecule has 4 heteroatoms. The predicted molar refractivity (Wildman–Crippen MR) is 72.6 cm³/mol.